The van der Waals surface area contributed by atoms with Crippen LogP contribution in [0.1, 0.15) is 18.5 Å². The fourth-order valence-corrected chi connectivity index (χ4v) is 1.89. The minimum Gasteiger partial charge on any atom is -0.508 e. The maximum absolute atomic E-state index is 10.8. The molecule has 0 aliphatic heterocycles. The molecule has 1 aromatic heterocycles. The van der Waals surface area contributed by atoms with E-state index in [4.69, 9.17) is 5.73 Å². The van der Waals surface area contributed by atoms with E-state index < -0.39 is 5.91 Å². The summed E-state index contributed by atoms with van der Waals surface area (Å²) in [4.78, 5) is 10.8. The van der Waals surface area contributed by atoms with E-state index in [2.05, 4.69) is 10.4 Å². The standard InChI is InChI=1S/C13H16N4O3/c1-8(9-2-11(18)4-12(19)3-9)16-10-5-15-17(6-10)7-13(14)20/h2-6,8,16,18-19H,7H2,1H3,(H2,14,20). The Morgan fingerprint density at radius 1 is 1.40 bits per heavy atom. The molecule has 0 aliphatic rings. The van der Waals surface area contributed by atoms with Crippen molar-refractivity contribution in [2.24, 2.45) is 5.73 Å². The fourth-order valence-electron chi connectivity index (χ4n) is 1.89. The predicted molar refractivity (Wildman–Crippen MR) is 73.2 cm³/mol. The van der Waals surface area contributed by atoms with Crippen molar-refractivity contribution in [1.82, 2.24) is 9.78 Å². The molecule has 5 N–H and O–H groups in total. The maximum atomic E-state index is 10.8. The number of aromatic nitrogens is 2. The Morgan fingerprint density at radius 3 is 2.65 bits per heavy atom. The van der Waals surface area contributed by atoms with Gasteiger partial charge < -0.3 is 21.3 Å². The number of phenolic OH excluding ortho intramolecular Hbond substituents is 2. The molecule has 20 heavy (non-hydrogen) atoms. The summed E-state index contributed by atoms with van der Waals surface area (Å²) < 4.78 is 1.43. The summed E-state index contributed by atoms with van der Waals surface area (Å²) in [5.74, 6) is -0.471. The van der Waals surface area contributed by atoms with E-state index in [0.717, 1.165) is 5.56 Å². The smallest absolute Gasteiger partial charge is 0.239 e. The van der Waals surface area contributed by atoms with Gasteiger partial charge in [0.15, 0.2) is 0 Å². The number of phenols is 2. The van der Waals surface area contributed by atoms with Gasteiger partial charge in [0.25, 0.3) is 0 Å². The van der Waals surface area contributed by atoms with Crippen molar-refractivity contribution in [2.45, 2.75) is 19.5 Å². The van der Waals surface area contributed by atoms with Gasteiger partial charge >= 0.3 is 0 Å². The lowest BCUT2D eigenvalue weighted by molar-refractivity contribution is -0.118. The van der Waals surface area contributed by atoms with Crippen molar-refractivity contribution < 1.29 is 15.0 Å². The van der Waals surface area contributed by atoms with Crippen LogP contribution < -0.4 is 11.1 Å². The highest BCUT2D eigenvalue weighted by molar-refractivity contribution is 5.73. The van der Waals surface area contributed by atoms with E-state index in [0.29, 0.717) is 5.69 Å². The number of anilines is 1. The molecule has 1 amide bonds. The number of hydrogen-bond donors (Lipinski definition) is 4. The van der Waals surface area contributed by atoms with Gasteiger partial charge in [0, 0.05) is 18.3 Å². The summed E-state index contributed by atoms with van der Waals surface area (Å²) >= 11 is 0. The second-order valence-electron chi connectivity index (χ2n) is 4.54. The Kier molecular flexibility index (Phi) is 3.79. The van der Waals surface area contributed by atoms with Crippen molar-refractivity contribution in [2.75, 3.05) is 5.32 Å². The molecule has 0 radical (unpaired) electrons. The van der Waals surface area contributed by atoms with Crippen molar-refractivity contribution >= 4 is 11.6 Å². The van der Waals surface area contributed by atoms with E-state index >= 15 is 0 Å². The molecule has 0 spiro atoms. The second-order valence-corrected chi connectivity index (χ2v) is 4.54. The number of primary amides is 1. The summed E-state index contributed by atoms with van der Waals surface area (Å²) in [6, 6.07) is 4.23. The zero-order valence-corrected chi connectivity index (χ0v) is 10.9. The highest BCUT2D eigenvalue weighted by Crippen LogP contribution is 2.26. The molecule has 1 aromatic carbocycles. The molecule has 0 saturated carbocycles. The van der Waals surface area contributed by atoms with Gasteiger partial charge in [-0.1, -0.05) is 0 Å². The van der Waals surface area contributed by atoms with Crippen molar-refractivity contribution in [3.8, 4) is 11.5 Å². The molecule has 1 atom stereocenters. The number of rotatable bonds is 5. The highest BCUT2D eigenvalue weighted by Gasteiger charge is 2.09. The van der Waals surface area contributed by atoms with Crippen molar-refractivity contribution in [1.29, 1.82) is 0 Å². The summed E-state index contributed by atoms with van der Waals surface area (Å²) in [5.41, 5.74) is 6.52. The number of carbonyl (C=O) groups is 1. The second kappa shape index (κ2) is 5.52. The van der Waals surface area contributed by atoms with E-state index in [-0.39, 0.29) is 24.1 Å². The van der Waals surface area contributed by atoms with Crippen LogP contribution in [0.4, 0.5) is 5.69 Å². The average molecular weight is 276 g/mol. The van der Waals surface area contributed by atoms with Gasteiger partial charge in [-0.25, -0.2) is 0 Å². The summed E-state index contributed by atoms with van der Waals surface area (Å²) in [5, 5.41) is 26.1. The third kappa shape index (κ3) is 3.41. The Morgan fingerprint density at radius 2 is 2.05 bits per heavy atom. The number of carbonyl (C=O) groups excluding carboxylic acids is 1. The summed E-state index contributed by atoms with van der Waals surface area (Å²) in [7, 11) is 0. The van der Waals surface area contributed by atoms with Crippen LogP contribution in [0.2, 0.25) is 0 Å². The number of benzene rings is 1. The molecular weight excluding hydrogens is 260 g/mol. The summed E-state index contributed by atoms with van der Waals surface area (Å²) in [6.45, 7) is 1.89. The van der Waals surface area contributed by atoms with Gasteiger partial charge in [-0.15, -0.1) is 0 Å². The van der Waals surface area contributed by atoms with Crippen molar-refractivity contribution in [3.05, 3.63) is 36.2 Å². The van der Waals surface area contributed by atoms with Crippen LogP contribution in [-0.2, 0) is 11.3 Å². The Balaban J connectivity index is 2.08. The zero-order chi connectivity index (χ0) is 14.7. The molecule has 106 valence electrons. The number of nitrogens with zero attached hydrogens (tertiary/aromatic N) is 2. The molecule has 7 nitrogen and oxygen atoms in total. The molecule has 1 heterocycles. The lowest BCUT2D eigenvalue weighted by Crippen LogP contribution is -2.18. The van der Waals surface area contributed by atoms with E-state index in [1.165, 1.54) is 10.7 Å². The van der Waals surface area contributed by atoms with Gasteiger partial charge in [-0.3, -0.25) is 9.48 Å². The third-order valence-corrected chi connectivity index (χ3v) is 2.76. The van der Waals surface area contributed by atoms with Crippen LogP contribution in [0.5, 0.6) is 11.5 Å². The minimum atomic E-state index is -0.467. The van der Waals surface area contributed by atoms with Gasteiger partial charge in [0.2, 0.25) is 5.91 Å². The first-order chi connectivity index (χ1) is 9.44. The number of amides is 1. The van der Waals surface area contributed by atoms with Gasteiger partial charge in [0.05, 0.1) is 11.9 Å². The van der Waals surface area contributed by atoms with E-state index in [9.17, 15) is 15.0 Å². The molecule has 7 heteroatoms. The van der Waals surface area contributed by atoms with Gasteiger partial charge in [0.1, 0.15) is 18.0 Å². The molecule has 1 unspecified atom stereocenters. The van der Waals surface area contributed by atoms with Gasteiger partial charge in [-0.05, 0) is 24.6 Å². The first-order valence-electron chi connectivity index (χ1n) is 6.04. The van der Waals surface area contributed by atoms with Crippen LogP contribution >= 0.6 is 0 Å². The molecule has 2 aromatic rings. The molecule has 0 aliphatic carbocycles. The Labute approximate surface area is 115 Å². The lowest BCUT2D eigenvalue weighted by Gasteiger charge is -2.14. The molecule has 0 fully saturated rings. The number of nitrogens with two attached hydrogens (primary N) is 1. The van der Waals surface area contributed by atoms with Crippen LogP contribution in [0.3, 0.4) is 0 Å². The zero-order valence-electron chi connectivity index (χ0n) is 10.9. The first kappa shape index (κ1) is 13.7. The van der Waals surface area contributed by atoms with Crippen molar-refractivity contribution in [3.63, 3.8) is 0 Å². The Hall–Kier alpha value is -2.70. The average Bonchev–Trinajstić information content (AvgIpc) is 2.74. The lowest BCUT2D eigenvalue weighted by atomic mass is 10.1. The predicted octanol–water partition coefficient (Wildman–Crippen LogP) is 0.953. The largest absolute Gasteiger partial charge is 0.508 e. The molecule has 0 saturated heterocycles. The number of nitrogens with one attached hydrogen (secondary N) is 1. The normalized spacial score (nSPS) is 12.1. The summed E-state index contributed by atoms with van der Waals surface area (Å²) in [6.07, 6.45) is 3.23. The number of aromatic hydroxyl groups is 2. The topological polar surface area (TPSA) is 113 Å². The van der Waals surface area contributed by atoms with E-state index in [1.54, 1.807) is 24.5 Å². The molecule has 0 bridgehead atoms. The quantitative estimate of drug-likeness (QED) is 0.649. The first-order valence-corrected chi connectivity index (χ1v) is 6.04. The van der Waals surface area contributed by atoms with Crippen LogP contribution in [-0.4, -0.2) is 25.9 Å². The van der Waals surface area contributed by atoms with Gasteiger partial charge in [-0.2, -0.15) is 5.10 Å². The van der Waals surface area contributed by atoms with E-state index in [1.807, 2.05) is 6.92 Å². The van der Waals surface area contributed by atoms with Crippen LogP contribution in [0, 0.1) is 0 Å². The third-order valence-electron chi connectivity index (χ3n) is 2.76. The Bertz CT molecular complexity index is 604. The maximum Gasteiger partial charge on any atom is 0.239 e. The molecule has 2 rings (SSSR count). The SMILES string of the molecule is CC(Nc1cnn(CC(N)=O)c1)c1cc(O)cc(O)c1. The number of hydrogen-bond acceptors (Lipinski definition) is 5. The molecular formula is C13H16N4O3. The minimum absolute atomic E-state index is 0.00178. The highest BCUT2D eigenvalue weighted by atomic mass is 16.3. The van der Waals surface area contributed by atoms with Crippen LogP contribution in [0.15, 0.2) is 30.6 Å². The van der Waals surface area contributed by atoms with Crippen LogP contribution in [0.25, 0.3) is 0 Å². The fraction of sp³-hybridized carbons (Fsp3) is 0.231. The monoisotopic (exact) mass is 276 g/mol.